The van der Waals surface area contributed by atoms with E-state index >= 15 is 0 Å². The summed E-state index contributed by atoms with van der Waals surface area (Å²) in [7, 11) is 0. The van der Waals surface area contributed by atoms with Crippen molar-refractivity contribution in [2.24, 2.45) is 23.3 Å². The third-order valence-corrected chi connectivity index (χ3v) is 7.06. The van der Waals surface area contributed by atoms with E-state index in [4.69, 9.17) is 17.2 Å². The number of phenols is 1. The van der Waals surface area contributed by atoms with Gasteiger partial charge in [-0.2, -0.15) is 0 Å². The molecule has 10 N–H and O–H groups in total. The molecule has 0 saturated carbocycles. The summed E-state index contributed by atoms with van der Waals surface area (Å²) in [6, 6.07) is 2.70. The highest BCUT2D eigenvalue weighted by Crippen LogP contribution is 2.57. The van der Waals surface area contributed by atoms with Gasteiger partial charge in [0.05, 0.1) is 11.1 Å². The van der Waals surface area contributed by atoms with Crippen molar-refractivity contribution < 1.29 is 34.8 Å². The van der Waals surface area contributed by atoms with Crippen LogP contribution in [0.4, 0.5) is 5.69 Å². The van der Waals surface area contributed by atoms with E-state index in [2.05, 4.69) is 0 Å². The van der Waals surface area contributed by atoms with E-state index in [1.54, 1.807) is 6.92 Å². The topological polar surface area (TPSA) is 210 Å². The number of hydrogen-bond acceptors (Lipinski definition) is 9. The zero-order chi connectivity index (χ0) is 23.2. The van der Waals surface area contributed by atoms with Crippen LogP contribution in [0.15, 0.2) is 34.8 Å². The van der Waals surface area contributed by atoms with Crippen LogP contribution in [-0.2, 0) is 9.59 Å². The van der Waals surface area contributed by atoms with Crippen LogP contribution in [0.5, 0.6) is 5.75 Å². The number of aromatic hydroxyl groups is 1. The highest BCUT2D eigenvalue weighted by Gasteiger charge is 2.66. The Morgan fingerprint density at radius 2 is 1.77 bits per heavy atom. The van der Waals surface area contributed by atoms with E-state index in [1.165, 1.54) is 19.1 Å². The van der Waals surface area contributed by atoms with E-state index in [1.807, 2.05) is 0 Å². The number of primary amides is 1. The molecule has 10 nitrogen and oxygen atoms in total. The van der Waals surface area contributed by atoms with Gasteiger partial charge in [0, 0.05) is 17.2 Å². The second kappa shape index (κ2) is 6.08. The normalized spacial score (nSPS) is 34.9. The number of hydrogen-bond donors (Lipinski definition) is 7. The number of aliphatic hydroxyl groups is 3. The number of ketones is 2. The van der Waals surface area contributed by atoms with Crippen molar-refractivity contribution in [3.8, 4) is 5.75 Å². The number of benzene rings is 1. The maximum absolute atomic E-state index is 13.3. The fourth-order valence-electron chi connectivity index (χ4n) is 5.41. The molecular weight excluding hydrogens is 406 g/mol. The minimum absolute atomic E-state index is 0.0911. The lowest BCUT2D eigenvalue weighted by Gasteiger charge is -2.52. The van der Waals surface area contributed by atoms with Gasteiger partial charge in [0.25, 0.3) is 5.91 Å². The van der Waals surface area contributed by atoms with E-state index in [9.17, 15) is 34.8 Å². The summed E-state index contributed by atoms with van der Waals surface area (Å²) in [5.74, 6) is -8.08. The number of nitrogen functional groups attached to an aromatic ring is 1. The Balaban J connectivity index is 2.04. The number of rotatable bonds is 1. The van der Waals surface area contributed by atoms with E-state index < -0.39 is 63.5 Å². The first-order valence-electron chi connectivity index (χ1n) is 9.67. The number of phenolic OH excluding ortho intramolecular Hbond substituents is 1. The van der Waals surface area contributed by atoms with Crippen molar-refractivity contribution in [2.45, 2.75) is 37.3 Å². The van der Waals surface area contributed by atoms with Crippen LogP contribution >= 0.6 is 0 Å². The van der Waals surface area contributed by atoms with Gasteiger partial charge in [0.15, 0.2) is 11.4 Å². The highest BCUT2D eigenvalue weighted by molar-refractivity contribution is 6.25. The van der Waals surface area contributed by atoms with E-state index in [0.717, 1.165) is 0 Å². The molecular formula is C21H23N3O7. The van der Waals surface area contributed by atoms with Gasteiger partial charge in [-0.3, -0.25) is 14.4 Å². The van der Waals surface area contributed by atoms with E-state index in [-0.39, 0.29) is 29.0 Å². The van der Waals surface area contributed by atoms with Gasteiger partial charge in [-0.1, -0.05) is 6.92 Å². The molecule has 5 atom stereocenters. The van der Waals surface area contributed by atoms with Gasteiger partial charge in [-0.25, -0.2) is 0 Å². The van der Waals surface area contributed by atoms with Crippen molar-refractivity contribution in [3.63, 3.8) is 0 Å². The molecule has 4 rings (SSSR count). The Hall–Kier alpha value is -3.37. The molecule has 1 aromatic rings. The third-order valence-electron chi connectivity index (χ3n) is 7.06. The number of anilines is 1. The van der Waals surface area contributed by atoms with Crippen LogP contribution in [-0.4, -0.2) is 49.0 Å². The van der Waals surface area contributed by atoms with Gasteiger partial charge in [0.2, 0.25) is 5.78 Å². The van der Waals surface area contributed by atoms with Gasteiger partial charge < -0.3 is 37.6 Å². The number of allylic oxidation sites excluding steroid dienone is 1. The summed E-state index contributed by atoms with van der Waals surface area (Å²) in [6.45, 7) is 3.03. The second-order valence-electron chi connectivity index (χ2n) is 8.70. The Bertz CT molecular complexity index is 1150. The maximum Gasteiger partial charge on any atom is 0.255 e. The van der Waals surface area contributed by atoms with Gasteiger partial charge in [0.1, 0.15) is 22.8 Å². The minimum atomic E-state index is -2.76. The molecule has 0 radical (unpaired) electrons. The van der Waals surface area contributed by atoms with Crippen molar-refractivity contribution in [1.82, 2.24) is 0 Å². The highest BCUT2D eigenvalue weighted by atomic mass is 16.3. The SMILES string of the molecule is CC1c2c(N)ccc(O)c2C(=O)C2=C(O)[C@]3(O)C(=O)C(C(N)=O)=C(O)C(C)(N)[C@@H]3C[C@@H]21. The summed E-state index contributed by atoms with van der Waals surface area (Å²) in [5.41, 5.74) is 12.3. The molecule has 0 aliphatic heterocycles. The Kier molecular flexibility index (Phi) is 4.10. The summed E-state index contributed by atoms with van der Waals surface area (Å²) >= 11 is 0. The molecule has 3 aliphatic carbocycles. The van der Waals surface area contributed by atoms with Crippen molar-refractivity contribution >= 4 is 23.2 Å². The summed E-state index contributed by atoms with van der Waals surface area (Å²) in [5, 5.41) is 43.3. The molecule has 10 heteroatoms. The molecule has 0 fully saturated rings. The number of carbonyl (C=O) groups excluding carboxylic acids is 3. The zero-order valence-electron chi connectivity index (χ0n) is 16.8. The van der Waals surface area contributed by atoms with Gasteiger partial charge >= 0.3 is 0 Å². The van der Waals surface area contributed by atoms with Crippen LogP contribution in [0.1, 0.15) is 42.1 Å². The molecule has 1 amide bonds. The van der Waals surface area contributed by atoms with Crippen LogP contribution in [0.25, 0.3) is 0 Å². The number of carbonyl (C=O) groups is 3. The fraction of sp³-hybridized carbons (Fsp3) is 0.381. The molecule has 1 aromatic carbocycles. The number of amides is 1. The lowest BCUT2D eigenvalue weighted by atomic mass is 9.54. The molecule has 3 aliphatic rings. The van der Waals surface area contributed by atoms with Gasteiger partial charge in [-0.05, 0) is 42.9 Å². The number of nitrogens with two attached hydrogens (primary N) is 3. The lowest BCUT2D eigenvalue weighted by Crippen LogP contribution is -2.68. The average Bonchev–Trinajstić information content (AvgIpc) is 2.68. The largest absolute Gasteiger partial charge is 0.509 e. The molecule has 0 heterocycles. The number of fused-ring (bicyclic) bond motifs is 3. The molecule has 0 bridgehead atoms. The van der Waals surface area contributed by atoms with Gasteiger partial charge in [-0.15, -0.1) is 0 Å². The average molecular weight is 429 g/mol. The lowest BCUT2D eigenvalue weighted by molar-refractivity contribution is -0.149. The fourth-order valence-corrected chi connectivity index (χ4v) is 5.41. The van der Waals surface area contributed by atoms with Crippen molar-refractivity contribution in [1.29, 1.82) is 0 Å². The van der Waals surface area contributed by atoms with Crippen molar-refractivity contribution in [3.05, 3.63) is 45.9 Å². The van der Waals surface area contributed by atoms with Crippen LogP contribution < -0.4 is 17.2 Å². The molecule has 31 heavy (non-hydrogen) atoms. The first-order valence-corrected chi connectivity index (χ1v) is 9.67. The number of Topliss-reactive ketones (excluding diaryl/α,β-unsaturated/α-hetero) is 2. The van der Waals surface area contributed by atoms with Crippen LogP contribution in [0.2, 0.25) is 0 Å². The zero-order valence-corrected chi connectivity index (χ0v) is 16.8. The Labute approximate surface area is 176 Å². The summed E-state index contributed by atoms with van der Waals surface area (Å²) in [4.78, 5) is 38.2. The summed E-state index contributed by atoms with van der Waals surface area (Å²) in [6.07, 6.45) is -0.0911. The molecule has 0 aromatic heterocycles. The standard InChI is InChI=1S/C21H23N3O7/c1-6-7-5-10-20(2,24)16(27)14(19(23)30)18(29)21(10,31)17(28)12(7)15(26)13-9(25)4-3-8(22)11(6)13/h3-4,6-7,10,25,27-28,31H,5,22,24H2,1-2H3,(H2,23,30)/t6?,7-,10+,20?,21+/m1/s1. The first kappa shape index (κ1) is 20.9. The Morgan fingerprint density at radius 1 is 1.16 bits per heavy atom. The smallest absolute Gasteiger partial charge is 0.255 e. The van der Waals surface area contributed by atoms with Crippen molar-refractivity contribution in [2.75, 3.05) is 5.73 Å². The second-order valence-corrected chi connectivity index (χ2v) is 8.70. The molecule has 2 unspecified atom stereocenters. The minimum Gasteiger partial charge on any atom is -0.509 e. The third kappa shape index (κ3) is 2.31. The molecule has 0 spiro atoms. The summed E-state index contributed by atoms with van der Waals surface area (Å²) < 4.78 is 0. The predicted molar refractivity (Wildman–Crippen MR) is 108 cm³/mol. The quantitative estimate of drug-likeness (QED) is 0.182. The predicted octanol–water partition coefficient (Wildman–Crippen LogP) is 0.0510. The molecule has 0 saturated heterocycles. The van der Waals surface area contributed by atoms with Crippen LogP contribution in [0.3, 0.4) is 0 Å². The Morgan fingerprint density at radius 3 is 2.35 bits per heavy atom. The monoisotopic (exact) mass is 429 g/mol. The number of aliphatic hydroxyl groups excluding tert-OH is 2. The van der Waals surface area contributed by atoms with E-state index in [0.29, 0.717) is 5.56 Å². The first-order chi connectivity index (χ1) is 14.3. The van der Waals surface area contributed by atoms with Crippen LogP contribution in [0, 0.1) is 11.8 Å². The maximum atomic E-state index is 13.3. The molecule has 164 valence electrons.